The molecule has 2 N–H and O–H groups in total. The molecule has 1 aliphatic carbocycles. The van der Waals surface area contributed by atoms with E-state index in [1.54, 1.807) is 0 Å². The predicted molar refractivity (Wildman–Crippen MR) is 108 cm³/mol. The van der Waals surface area contributed by atoms with Gasteiger partial charge < -0.3 is 19.8 Å². The molecule has 2 aromatic rings. The lowest BCUT2D eigenvalue weighted by molar-refractivity contribution is 0.102. The first-order valence-corrected chi connectivity index (χ1v) is 9.54. The van der Waals surface area contributed by atoms with Gasteiger partial charge in [0.25, 0.3) is 5.91 Å². The van der Waals surface area contributed by atoms with Gasteiger partial charge in [-0.05, 0) is 64.5 Å². The van der Waals surface area contributed by atoms with E-state index in [0.717, 1.165) is 48.5 Å². The van der Waals surface area contributed by atoms with Gasteiger partial charge in [0.15, 0.2) is 5.69 Å². The first-order chi connectivity index (χ1) is 13.6. The number of carbonyl (C=O) groups excluding carboxylic acids is 1. The number of rotatable bonds is 8. The predicted octanol–water partition coefficient (Wildman–Crippen LogP) is 2.68. The molecule has 1 aliphatic rings. The number of nitrogens with zero attached hydrogens (tertiary/aromatic N) is 3. The highest BCUT2D eigenvalue weighted by Gasteiger charge is 2.27. The lowest BCUT2D eigenvalue weighted by Gasteiger charge is -2.14. The molecular weight excluding hydrogens is 358 g/mol. The Morgan fingerprint density at radius 3 is 2.79 bits per heavy atom. The lowest BCUT2D eigenvalue weighted by Crippen LogP contribution is -2.20. The molecule has 0 bridgehead atoms. The quantitative estimate of drug-likeness (QED) is 0.682. The molecule has 1 amide bonds. The van der Waals surface area contributed by atoms with Crippen LogP contribution >= 0.6 is 0 Å². The van der Waals surface area contributed by atoms with Crippen LogP contribution < -0.4 is 10.1 Å². The Morgan fingerprint density at radius 2 is 2.07 bits per heavy atom. The monoisotopic (exact) mass is 385 g/mol. The number of ether oxygens (including phenoxy) is 1. The van der Waals surface area contributed by atoms with Crippen molar-refractivity contribution >= 4 is 17.3 Å². The Bertz CT molecular complexity index is 827. The van der Waals surface area contributed by atoms with Crippen LogP contribution in [0.25, 0.3) is 0 Å². The van der Waals surface area contributed by atoms with Gasteiger partial charge in [0.1, 0.15) is 19.0 Å². The molecule has 0 saturated heterocycles. The minimum atomic E-state index is -0.273. The molecule has 0 radical (unpaired) electrons. The van der Waals surface area contributed by atoms with Crippen LogP contribution in [-0.4, -0.2) is 60.6 Å². The Balaban J connectivity index is 1.68. The summed E-state index contributed by atoms with van der Waals surface area (Å²) in [6.45, 7) is 3.82. The Hall–Kier alpha value is -2.87. The summed E-state index contributed by atoms with van der Waals surface area (Å²) in [5.74, 6) is 0.494. The maximum Gasteiger partial charge on any atom is 0.276 e. The van der Waals surface area contributed by atoms with Gasteiger partial charge in [0.2, 0.25) is 0 Å². The van der Waals surface area contributed by atoms with E-state index in [-0.39, 0.29) is 5.91 Å². The maximum absolute atomic E-state index is 12.8. The largest absolute Gasteiger partial charge is 0.492 e. The molecule has 0 atom stereocenters. The van der Waals surface area contributed by atoms with Crippen molar-refractivity contribution in [2.24, 2.45) is 5.16 Å². The van der Waals surface area contributed by atoms with Crippen molar-refractivity contribution in [3.63, 3.8) is 0 Å². The van der Waals surface area contributed by atoms with Crippen LogP contribution in [0.15, 0.2) is 29.4 Å². The Labute approximate surface area is 164 Å². The van der Waals surface area contributed by atoms with Gasteiger partial charge in [-0.15, -0.1) is 0 Å². The summed E-state index contributed by atoms with van der Waals surface area (Å²) in [6, 6.07) is 7.31. The zero-order chi connectivity index (χ0) is 19.9. The van der Waals surface area contributed by atoms with Gasteiger partial charge in [-0.2, -0.15) is 5.10 Å². The van der Waals surface area contributed by atoms with Crippen molar-refractivity contribution in [1.82, 2.24) is 15.1 Å². The number of likely N-dealkylation sites (N-methyl/N-ethyl adjacent to an activating group) is 1. The van der Waals surface area contributed by atoms with Crippen LogP contribution in [0.5, 0.6) is 5.75 Å². The fourth-order valence-corrected chi connectivity index (χ4v) is 3.00. The molecule has 1 aromatic carbocycles. The third-order valence-electron chi connectivity index (χ3n) is 4.41. The van der Waals surface area contributed by atoms with E-state index in [4.69, 9.17) is 9.57 Å². The van der Waals surface area contributed by atoms with Crippen molar-refractivity contribution in [3.8, 4) is 5.75 Å². The minimum Gasteiger partial charge on any atom is -0.492 e. The average molecular weight is 385 g/mol. The van der Waals surface area contributed by atoms with E-state index < -0.39 is 0 Å². The summed E-state index contributed by atoms with van der Waals surface area (Å²) in [4.78, 5) is 20.0. The van der Waals surface area contributed by atoms with Crippen molar-refractivity contribution in [2.75, 3.05) is 39.2 Å². The second-order valence-electron chi connectivity index (χ2n) is 6.87. The van der Waals surface area contributed by atoms with Gasteiger partial charge in [-0.25, -0.2) is 0 Å². The van der Waals surface area contributed by atoms with E-state index >= 15 is 0 Å². The molecule has 0 unspecified atom stereocenters. The number of anilines is 1. The van der Waals surface area contributed by atoms with E-state index in [1.807, 2.05) is 45.3 Å². The topological polar surface area (TPSA) is 91.8 Å². The molecule has 1 heterocycles. The highest BCUT2D eigenvalue weighted by atomic mass is 16.6. The minimum absolute atomic E-state index is 0.273. The number of nitrogens with one attached hydrogen (secondary N) is 2. The average Bonchev–Trinajstić information content (AvgIpc) is 3.12. The van der Waals surface area contributed by atoms with E-state index in [2.05, 4.69) is 25.6 Å². The van der Waals surface area contributed by atoms with Gasteiger partial charge in [-0.1, -0.05) is 5.16 Å². The SMILES string of the molecule is CCON=C1CCCc2[nH]nc(C(=O)Nc3ccc(OCCN(C)C)cc3)c21. The number of H-pyrrole nitrogens is 1. The van der Waals surface area contributed by atoms with Crippen LogP contribution in [0.4, 0.5) is 5.69 Å². The van der Waals surface area contributed by atoms with Crippen molar-refractivity contribution in [1.29, 1.82) is 0 Å². The summed E-state index contributed by atoms with van der Waals surface area (Å²) in [5, 5.41) is 14.3. The molecule has 8 heteroatoms. The number of benzene rings is 1. The lowest BCUT2D eigenvalue weighted by atomic mass is 9.93. The number of aromatic amines is 1. The van der Waals surface area contributed by atoms with E-state index in [9.17, 15) is 4.79 Å². The summed E-state index contributed by atoms with van der Waals surface area (Å²) >= 11 is 0. The standard InChI is InChI=1S/C20H27N5O3/c1-4-28-24-17-7-5-6-16-18(17)19(23-22-16)20(26)21-14-8-10-15(11-9-14)27-13-12-25(2)3/h8-11H,4-7,12-13H2,1-3H3,(H,21,26)(H,22,23). The van der Waals surface area contributed by atoms with Crippen molar-refractivity contribution in [3.05, 3.63) is 41.2 Å². The molecule has 3 rings (SSSR count). The highest BCUT2D eigenvalue weighted by Crippen LogP contribution is 2.24. The molecule has 0 fully saturated rings. The maximum atomic E-state index is 12.8. The molecule has 8 nitrogen and oxygen atoms in total. The first kappa shape index (κ1) is 19.9. The zero-order valence-corrected chi connectivity index (χ0v) is 16.6. The van der Waals surface area contributed by atoms with Crippen LogP contribution in [0.1, 0.15) is 41.5 Å². The zero-order valence-electron chi connectivity index (χ0n) is 16.6. The summed E-state index contributed by atoms with van der Waals surface area (Å²) in [6.07, 6.45) is 2.57. The fraction of sp³-hybridized carbons (Fsp3) is 0.450. The smallest absolute Gasteiger partial charge is 0.276 e. The molecule has 0 saturated carbocycles. The van der Waals surface area contributed by atoms with Crippen LogP contribution in [0.2, 0.25) is 0 Å². The normalized spacial score (nSPS) is 14.8. The summed E-state index contributed by atoms with van der Waals surface area (Å²) in [5.41, 5.74) is 3.49. The van der Waals surface area contributed by atoms with E-state index in [0.29, 0.717) is 24.6 Å². The number of aromatic nitrogens is 2. The van der Waals surface area contributed by atoms with Crippen molar-refractivity contribution in [2.45, 2.75) is 26.2 Å². The van der Waals surface area contributed by atoms with E-state index in [1.165, 1.54) is 0 Å². The third kappa shape index (κ3) is 4.89. The number of oxime groups is 1. The van der Waals surface area contributed by atoms with Gasteiger partial charge in [0.05, 0.1) is 11.3 Å². The van der Waals surface area contributed by atoms with Gasteiger partial charge >= 0.3 is 0 Å². The molecule has 0 aliphatic heterocycles. The number of aryl methyl sites for hydroxylation is 1. The van der Waals surface area contributed by atoms with Gasteiger partial charge in [0, 0.05) is 17.9 Å². The number of amides is 1. The fourth-order valence-electron chi connectivity index (χ4n) is 3.00. The second-order valence-corrected chi connectivity index (χ2v) is 6.87. The van der Waals surface area contributed by atoms with Crippen LogP contribution in [0.3, 0.4) is 0 Å². The molecule has 150 valence electrons. The molecular formula is C20H27N5O3. The second kappa shape index (κ2) is 9.36. The third-order valence-corrected chi connectivity index (χ3v) is 4.41. The molecule has 28 heavy (non-hydrogen) atoms. The molecule has 0 spiro atoms. The summed E-state index contributed by atoms with van der Waals surface area (Å²) < 4.78 is 5.67. The number of carbonyl (C=O) groups is 1. The Kier molecular flexibility index (Phi) is 6.65. The van der Waals surface area contributed by atoms with Crippen molar-refractivity contribution < 1.29 is 14.4 Å². The summed E-state index contributed by atoms with van der Waals surface area (Å²) in [7, 11) is 4.00. The van der Waals surface area contributed by atoms with Gasteiger partial charge in [-0.3, -0.25) is 9.89 Å². The first-order valence-electron chi connectivity index (χ1n) is 9.54. The highest BCUT2D eigenvalue weighted by molar-refractivity contribution is 6.14. The van der Waals surface area contributed by atoms with Crippen LogP contribution in [-0.2, 0) is 11.3 Å². The number of hydrogen-bond acceptors (Lipinski definition) is 6. The number of fused-ring (bicyclic) bond motifs is 1. The van der Waals surface area contributed by atoms with Crippen LogP contribution in [0, 0.1) is 0 Å². The number of hydrogen-bond donors (Lipinski definition) is 2. The molecule has 1 aromatic heterocycles. The Morgan fingerprint density at radius 1 is 1.29 bits per heavy atom.